The zero-order chi connectivity index (χ0) is 19.6. The molecule has 3 rings (SSSR count). The second-order valence-electron chi connectivity index (χ2n) is 6.08. The Morgan fingerprint density at radius 1 is 1.15 bits per heavy atom. The number of hydrogen-bond donors (Lipinski definition) is 1. The number of imide groups is 1. The quantitative estimate of drug-likeness (QED) is 0.796. The summed E-state index contributed by atoms with van der Waals surface area (Å²) in [5, 5.41) is 1.97. The summed E-state index contributed by atoms with van der Waals surface area (Å²) in [6, 6.07) is 10.1. The van der Waals surface area contributed by atoms with Crippen molar-refractivity contribution in [2.24, 2.45) is 0 Å². The fraction of sp³-hybridized carbons (Fsp3) is 0.211. The van der Waals surface area contributed by atoms with Gasteiger partial charge in [0.1, 0.15) is 0 Å². The number of nitrogens with zero attached hydrogens (tertiary/aromatic N) is 1. The van der Waals surface area contributed by atoms with Crippen molar-refractivity contribution >= 4 is 40.9 Å². The molecule has 1 aliphatic heterocycles. The smallest absolute Gasteiger partial charge is 0.247 e. The number of carbonyl (C=O) groups is 3. The lowest BCUT2D eigenvalue weighted by Gasteiger charge is -2.15. The van der Waals surface area contributed by atoms with E-state index in [0.717, 1.165) is 34.4 Å². The van der Waals surface area contributed by atoms with Crippen LogP contribution in [0.1, 0.15) is 12.0 Å². The van der Waals surface area contributed by atoms with Gasteiger partial charge in [0.15, 0.2) is 11.6 Å². The monoisotopic (exact) mass is 390 g/mol. The fourth-order valence-corrected chi connectivity index (χ4v) is 3.57. The molecule has 0 bridgehead atoms. The van der Waals surface area contributed by atoms with E-state index in [4.69, 9.17) is 0 Å². The molecule has 0 aliphatic carbocycles. The molecule has 1 aliphatic rings. The first-order valence-corrected chi connectivity index (χ1v) is 9.20. The first kappa shape index (κ1) is 19.0. The summed E-state index contributed by atoms with van der Waals surface area (Å²) in [5.74, 6) is -3.56. The Morgan fingerprint density at radius 2 is 1.85 bits per heavy atom. The lowest BCUT2D eigenvalue weighted by molar-refractivity contribution is -0.121. The number of benzene rings is 2. The second kappa shape index (κ2) is 7.87. The van der Waals surface area contributed by atoms with Gasteiger partial charge >= 0.3 is 0 Å². The van der Waals surface area contributed by atoms with Crippen LogP contribution < -0.4 is 10.2 Å². The van der Waals surface area contributed by atoms with Crippen molar-refractivity contribution in [1.29, 1.82) is 0 Å². The molecule has 5 nitrogen and oxygen atoms in total. The lowest BCUT2D eigenvalue weighted by Crippen LogP contribution is -2.31. The number of thioether (sulfide) groups is 1. The van der Waals surface area contributed by atoms with Crippen LogP contribution in [0.25, 0.3) is 0 Å². The van der Waals surface area contributed by atoms with Gasteiger partial charge in [0.2, 0.25) is 17.7 Å². The van der Waals surface area contributed by atoms with Gasteiger partial charge in [-0.1, -0.05) is 17.7 Å². The topological polar surface area (TPSA) is 66.5 Å². The molecule has 1 saturated heterocycles. The molecule has 0 saturated carbocycles. The molecule has 2 aromatic rings. The van der Waals surface area contributed by atoms with E-state index in [1.807, 2.05) is 19.1 Å². The Kier molecular flexibility index (Phi) is 5.55. The van der Waals surface area contributed by atoms with E-state index < -0.39 is 28.7 Å². The number of aryl methyl sites for hydroxylation is 1. The number of nitrogens with one attached hydrogen (secondary N) is 1. The van der Waals surface area contributed by atoms with Gasteiger partial charge in [0.25, 0.3) is 0 Å². The molecule has 1 fully saturated rings. The highest BCUT2D eigenvalue weighted by Gasteiger charge is 2.40. The van der Waals surface area contributed by atoms with Crippen LogP contribution in [0.3, 0.4) is 0 Å². The van der Waals surface area contributed by atoms with Crippen LogP contribution in [0.4, 0.5) is 20.2 Å². The standard InChI is InChI=1S/C19H16F2N2O3S/c1-11-2-4-12(5-3-11)22-17(24)10-27-16-9-18(25)23(19(16)26)13-6-7-14(20)15(21)8-13/h2-8,16H,9-10H2,1H3,(H,22,24). The summed E-state index contributed by atoms with van der Waals surface area (Å²) in [6.07, 6.45) is -0.0969. The molecule has 27 heavy (non-hydrogen) atoms. The van der Waals surface area contributed by atoms with Crippen molar-refractivity contribution in [2.75, 3.05) is 16.0 Å². The molecule has 1 heterocycles. The summed E-state index contributed by atoms with van der Waals surface area (Å²) in [4.78, 5) is 37.5. The molecule has 2 aromatic carbocycles. The van der Waals surface area contributed by atoms with Gasteiger partial charge in [-0.15, -0.1) is 11.8 Å². The average Bonchev–Trinajstić information content (AvgIpc) is 2.91. The van der Waals surface area contributed by atoms with Gasteiger partial charge in [0, 0.05) is 18.2 Å². The summed E-state index contributed by atoms with van der Waals surface area (Å²) >= 11 is 1.04. The minimum Gasteiger partial charge on any atom is -0.325 e. The second-order valence-corrected chi connectivity index (χ2v) is 7.27. The molecular weight excluding hydrogens is 374 g/mol. The van der Waals surface area contributed by atoms with Crippen LogP contribution in [0.15, 0.2) is 42.5 Å². The largest absolute Gasteiger partial charge is 0.325 e. The number of anilines is 2. The number of amides is 3. The number of carbonyl (C=O) groups excluding carboxylic acids is 3. The summed E-state index contributed by atoms with van der Waals surface area (Å²) in [7, 11) is 0. The van der Waals surface area contributed by atoms with E-state index >= 15 is 0 Å². The van der Waals surface area contributed by atoms with E-state index in [2.05, 4.69) is 5.32 Å². The van der Waals surface area contributed by atoms with Gasteiger partial charge in [-0.05, 0) is 31.2 Å². The van der Waals surface area contributed by atoms with Crippen molar-refractivity contribution in [1.82, 2.24) is 0 Å². The van der Waals surface area contributed by atoms with Crippen LogP contribution in [0, 0.1) is 18.6 Å². The minimum absolute atomic E-state index is 0.0107. The number of halogens is 2. The van der Waals surface area contributed by atoms with E-state index in [0.29, 0.717) is 5.69 Å². The Labute approximate surface area is 158 Å². The number of hydrogen-bond acceptors (Lipinski definition) is 4. The van der Waals surface area contributed by atoms with Crippen LogP contribution >= 0.6 is 11.8 Å². The summed E-state index contributed by atoms with van der Waals surface area (Å²) in [5.41, 5.74) is 1.69. The highest BCUT2D eigenvalue weighted by molar-refractivity contribution is 8.01. The third-order valence-electron chi connectivity index (χ3n) is 4.02. The zero-order valence-corrected chi connectivity index (χ0v) is 15.2. The van der Waals surface area contributed by atoms with Crippen molar-refractivity contribution in [3.8, 4) is 0 Å². The molecule has 0 aromatic heterocycles. The van der Waals surface area contributed by atoms with Gasteiger partial charge in [-0.3, -0.25) is 14.4 Å². The van der Waals surface area contributed by atoms with Crippen LogP contribution in [-0.2, 0) is 14.4 Å². The summed E-state index contributed by atoms with van der Waals surface area (Å²) in [6.45, 7) is 1.93. The zero-order valence-electron chi connectivity index (χ0n) is 14.4. The highest BCUT2D eigenvalue weighted by atomic mass is 32.2. The van der Waals surface area contributed by atoms with Crippen LogP contribution in [0.5, 0.6) is 0 Å². The maximum atomic E-state index is 13.4. The Morgan fingerprint density at radius 3 is 2.52 bits per heavy atom. The van der Waals surface area contributed by atoms with E-state index in [1.54, 1.807) is 12.1 Å². The van der Waals surface area contributed by atoms with Gasteiger partial charge in [-0.25, -0.2) is 13.7 Å². The molecule has 1 unspecified atom stereocenters. The van der Waals surface area contributed by atoms with Crippen LogP contribution in [0.2, 0.25) is 0 Å². The Bertz CT molecular complexity index is 902. The molecule has 1 N–H and O–H groups in total. The molecule has 0 spiro atoms. The van der Waals surface area contributed by atoms with Gasteiger partial charge in [0.05, 0.1) is 16.7 Å². The first-order chi connectivity index (χ1) is 12.8. The Hall–Kier alpha value is -2.74. The van der Waals surface area contributed by atoms with E-state index in [1.165, 1.54) is 6.07 Å². The maximum Gasteiger partial charge on any atom is 0.247 e. The van der Waals surface area contributed by atoms with Gasteiger partial charge in [-0.2, -0.15) is 0 Å². The summed E-state index contributed by atoms with van der Waals surface area (Å²) < 4.78 is 26.4. The predicted molar refractivity (Wildman–Crippen MR) is 99.5 cm³/mol. The molecule has 140 valence electrons. The highest BCUT2D eigenvalue weighted by Crippen LogP contribution is 2.30. The normalized spacial score (nSPS) is 16.7. The molecule has 8 heteroatoms. The lowest BCUT2D eigenvalue weighted by atomic mass is 10.2. The molecular formula is C19H16F2N2O3S. The predicted octanol–water partition coefficient (Wildman–Crippen LogP) is 3.28. The molecule has 3 amide bonds. The van der Waals surface area contributed by atoms with E-state index in [9.17, 15) is 23.2 Å². The maximum absolute atomic E-state index is 13.4. The average molecular weight is 390 g/mol. The molecule has 0 radical (unpaired) electrons. The molecule has 1 atom stereocenters. The third kappa shape index (κ3) is 4.33. The van der Waals surface area contributed by atoms with Crippen molar-refractivity contribution < 1.29 is 23.2 Å². The third-order valence-corrected chi connectivity index (χ3v) is 5.22. The van der Waals surface area contributed by atoms with Crippen molar-refractivity contribution in [2.45, 2.75) is 18.6 Å². The Balaban J connectivity index is 1.60. The van der Waals surface area contributed by atoms with E-state index in [-0.39, 0.29) is 23.8 Å². The van der Waals surface area contributed by atoms with Crippen molar-refractivity contribution in [3.05, 3.63) is 59.7 Å². The van der Waals surface area contributed by atoms with Crippen LogP contribution in [-0.4, -0.2) is 28.7 Å². The number of rotatable bonds is 5. The van der Waals surface area contributed by atoms with Crippen molar-refractivity contribution in [3.63, 3.8) is 0 Å². The SMILES string of the molecule is Cc1ccc(NC(=O)CSC2CC(=O)N(c3ccc(F)c(F)c3)C2=O)cc1. The van der Waals surface area contributed by atoms with Gasteiger partial charge < -0.3 is 5.32 Å². The first-order valence-electron chi connectivity index (χ1n) is 8.15. The fourth-order valence-electron chi connectivity index (χ4n) is 2.64. The minimum atomic E-state index is -1.14.